The van der Waals surface area contributed by atoms with E-state index in [1.807, 2.05) is 13.8 Å². The van der Waals surface area contributed by atoms with E-state index < -0.39 is 0 Å². The molecule has 2 atom stereocenters. The zero-order valence-corrected chi connectivity index (χ0v) is 12.6. The molecule has 1 aromatic carbocycles. The molecule has 104 valence electrons. The number of esters is 1. The third kappa shape index (κ3) is 3.09. The van der Waals surface area contributed by atoms with Crippen molar-refractivity contribution in [2.24, 2.45) is 11.8 Å². The molecule has 1 saturated heterocycles. The molecule has 1 aliphatic heterocycles. The van der Waals surface area contributed by atoms with Gasteiger partial charge in [-0.1, -0.05) is 19.9 Å². The molecule has 1 aromatic rings. The van der Waals surface area contributed by atoms with Crippen LogP contribution in [0.1, 0.15) is 20.3 Å². The predicted octanol–water partition coefficient (Wildman–Crippen LogP) is 3.00. The van der Waals surface area contributed by atoms with Crippen LogP contribution in [-0.4, -0.2) is 18.7 Å². The molecule has 0 amide bonds. The van der Waals surface area contributed by atoms with Gasteiger partial charge in [-0.05, 0) is 40.4 Å². The topological polar surface area (TPSA) is 61.5 Å². The Kier molecular flexibility index (Phi) is 4.47. The molecule has 0 spiro atoms. The maximum Gasteiger partial charge on any atom is 0.317 e. The van der Waals surface area contributed by atoms with E-state index in [2.05, 4.69) is 15.9 Å². The number of carbonyl (C=O) groups is 1. The second kappa shape index (κ2) is 5.92. The summed E-state index contributed by atoms with van der Waals surface area (Å²) >= 11 is 3.33. The lowest BCUT2D eigenvalue weighted by Crippen LogP contribution is -2.31. The molecule has 0 saturated carbocycles. The fourth-order valence-electron chi connectivity index (χ4n) is 2.31. The van der Waals surface area contributed by atoms with Gasteiger partial charge in [0, 0.05) is 12.3 Å². The van der Waals surface area contributed by atoms with Gasteiger partial charge in [0.25, 0.3) is 0 Å². The summed E-state index contributed by atoms with van der Waals surface area (Å²) in [5, 5.41) is 0. The minimum atomic E-state index is -0.248. The molecule has 0 aromatic heterocycles. The van der Waals surface area contributed by atoms with Crippen LogP contribution in [0.5, 0.6) is 5.75 Å². The maximum atomic E-state index is 12.2. The van der Waals surface area contributed by atoms with Crippen LogP contribution in [0.3, 0.4) is 0 Å². The zero-order valence-electron chi connectivity index (χ0n) is 11.1. The Morgan fingerprint density at radius 1 is 1.53 bits per heavy atom. The number of carbonyl (C=O) groups excluding carboxylic acids is 1. The van der Waals surface area contributed by atoms with E-state index >= 15 is 0 Å². The maximum absolute atomic E-state index is 12.2. The van der Waals surface area contributed by atoms with Crippen LogP contribution < -0.4 is 10.5 Å². The molecule has 1 heterocycles. The van der Waals surface area contributed by atoms with Gasteiger partial charge in [0.15, 0.2) is 0 Å². The van der Waals surface area contributed by atoms with E-state index in [0.717, 1.165) is 0 Å². The van der Waals surface area contributed by atoms with Gasteiger partial charge < -0.3 is 15.2 Å². The van der Waals surface area contributed by atoms with Crippen molar-refractivity contribution >= 4 is 27.6 Å². The van der Waals surface area contributed by atoms with Crippen LogP contribution in [0, 0.1) is 11.8 Å². The molecule has 4 nitrogen and oxygen atoms in total. The van der Waals surface area contributed by atoms with Gasteiger partial charge in [-0.3, -0.25) is 4.79 Å². The predicted molar refractivity (Wildman–Crippen MR) is 76.9 cm³/mol. The Morgan fingerprint density at radius 3 is 2.95 bits per heavy atom. The summed E-state index contributed by atoms with van der Waals surface area (Å²) in [5.74, 6) is 0.305. The average Bonchev–Trinajstić information content (AvgIpc) is 2.84. The quantitative estimate of drug-likeness (QED) is 0.526. The third-order valence-corrected chi connectivity index (χ3v) is 4.15. The van der Waals surface area contributed by atoms with E-state index in [4.69, 9.17) is 15.2 Å². The Morgan fingerprint density at radius 2 is 2.26 bits per heavy atom. The summed E-state index contributed by atoms with van der Waals surface area (Å²) in [7, 11) is 0. The van der Waals surface area contributed by atoms with Gasteiger partial charge in [-0.15, -0.1) is 0 Å². The Balaban J connectivity index is 2.11. The molecule has 1 fully saturated rings. The third-order valence-electron chi connectivity index (χ3n) is 3.30. The summed E-state index contributed by atoms with van der Waals surface area (Å²) < 4.78 is 11.7. The summed E-state index contributed by atoms with van der Waals surface area (Å²) in [6, 6.07) is 5.23. The van der Waals surface area contributed by atoms with Crippen molar-refractivity contribution in [3.63, 3.8) is 0 Å². The highest BCUT2D eigenvalue weighted by Crippen LogP contribution is 2.33. The first kappa shape index (κ1) is 14.3. The minimum absolute atomic E-state index is 0.0627. The van der Waals surface area contributed by atoms with Crippen molar-refractivity contribution < 1.29 is 14.3 Å². The number of nitrogens with two attached hydrogens (primary N) is 1. The normalized spacial score (nSPS) is 22.7. The lowest BCUT2D eigenvalue weighted by molar-refractivity contribution is -0.141. The Bertz CT molecular complexity index is 476. The van der Waals surface area contributed by atoms with Crippen LogP contribution in [0.4, 0.5) is 5.69 Å². The number of halogens is 1. The molecule has 0 unspecified atom stereocenters. The zero-order chi connectivity index (χ0) is 14.0. The largest absolute Gasteiger partial charge is 0.425 e. The highest BCUT2D eigenvalue weighted by Gasteiger charge is 2.37. The van der Waals surface area contributed by atoms with Gasteiger partial charge in [0.1, 0.15) is 5.75 Å². The minimum Gasteiger partial charge on any atom is -0.425 e. The van der Waals surface area contributed by atoms with Gasteiger partial charge in [0.05, 0.1) is 16.5 Å². The van der Waals surface area contributed by atoms with E-state index in [-0.39, 0.29) is 18.0 Å². The summed E-state index contributed by atoms with van der Waals surface area (Å²) in [5.41, 5.74) is 6.31. The molecule has 2 N–H and O–H groups in total. The first-order valence-electron chi connectivity index (χ1n) is 6.38. The van der Waals surface area contributed by atoms with E-state index in [1.165, 1.54) is 0 Å². The Labute approximate surface area is 121 Å². The second-order valence-electron chi connectivity index (χ2n) is 5.06. The fraction of sp³-hybridized carbons (Fsp3) is 0.500. The first-order chi connectivity index (χ1) is 9.00. The molecule has 1 aliphatic rings. The SMILES string of the molecule is CC(C)[C@@H]1OCC[C@@H]1C(=O)Oc1cccc(N)c1Br. The first-order valence-corrected chi connectivity index (χ1v) is 7.17. The summed E-state index contributed by atoms with van der Waals surface area (Å²) in [6.45, 7) is 4.71. The van der Waals surface area contributed by atoms with Crippen LogP contribution in [0.25, 0.3) is 0 Å². The number of hydrogen-bond donors (Lipinski definition) is 1. The summed E-state index contributed by atoms with van der Waals surface area (Å²) in [6.07, 6.45) is 0.647. The van der Waals surface area contributed by atoms with Crippen molar-refractivity contribution in [1.82, 2.24) is 0 Å². The summed E-state index contributed by atoms with van der Waals surface area (Å²) in [4.78, 5) is 12.2. The van der Waals surface area contributed by atoms with Crippen LogP contribution >= 0.6 is 15.9 Å². The van der Waals surface area contributed by atoms with Crippen LogP contribution in [-0.2, 0) is 9.53 Å². The van der Waals surface area contributed by atoms with Crippen molar-refractivity contribution in [3.05, 3.63) is 22.7 Å². The van der Waals surface area contributed by atoms with Crippen molar-refractivity contribution in [2.45, 2.75) is 26.4 Å². The molecule has 5 heteroatoms. The van der Waals surface area contributed by atoms with Gasteiger partial charge in [-0.25, -0.2) is 0 Å². The van der Waals surface area contributed by atoms with Crippen LogP contribution in [0.15, 0.2) is 22.7 Å². The highest BCUT2D eigenvalue weighted by atomic mass is 79.9. The van der Waals surface area contributed by atoms with Gasteiger partial charge >= 0.3 is 5.97 Å². The average molecular weight is 328 g/mol. The van der Waals surface area contributed by atoms with E-state index in [9.17, 15) is 4.79 Å². The fourth-order valence-corrected chi connectivity index (χ4v) is 2.66. The molecule has 0 bridgehead atoms. The molecular weight excluding hydrogens is 310 g/mol. The molecule has 0 radical (unpaired) electrons. The number of nitrogen functional groups attached to an aromatic ring is 1. The number of anilines is 1. The lowest BCUT2D eigenvalue weighted by Gasteiger charge is -2.20. The monoisotopic (exact) mass is 327 g/mol. The molecule has 2 rings (SSSR count). The van der Waals surface area contributed by atoms with E-state index in [0.29, 0.717) is 34.9 Å². The van der Waals surface area contributed by atoms with Gasteiger partial charge in [0.2, 0.25) is 0 Å². The van der Waals surface area contributed by atoms with E-state index in [1.54, 1.807) is 18.2 Å². The number of ether oxygens (including phenoxy) is 2. The molecule has 0 aliphatic carbocycles. The van der Waals surface area contributed by atoms with Crippen molar-refractivity contribution in [2.75, 3.05) is 12.3 Å². The highest BCUT2D eigenvalue weighted by molar-refractivity contribution is 9.10. The van der Waals surface area contributed by atoms with Crippen molar-refractivity contribution in [1.29, 1.82) is 0 Å². The number of hydrogen-bond acceptors (Lipinski definition) is 4. The van der Waals surface area contributed by atoms with Crippen LogP contribution in [0.2, 0.25) is 0 Å². The van der Waals surface area contributed by atoms with Crippen molar-refractivity contribution in [3.8, 4) is 5.75 Å². The standard InChI is InChI=1S/C14H18BrNO3/c1-8(2)13-9(6-7-18-13)14(17)19-11-5-3-4-10(16)12(11)15/h3-5,8-9,13H,6-7,16H2,1-2H3/t9-,13-/m0/s1. The lowest BCUT2D eigenvalue weighted by atomic mass is 9.93. The smallest absolute Gasteiger partial charge is 0.317 e. The number of benzene rings is 1. The molecule has 19 heavy (non-hydrogen) atoms. The second-order valence-corrected chi connectivity index (χ2v) is 5.85. The van der Waals surface area contributed by atoms with Gasteiger partial charge in [-0.2, -0.15) is 0 Å². The Hall–Kier alpha value is -1.07. The molecular formula is C14H18BrNO3. The number of rotatable bonds is 3.